The summed E-state index contributed by atoms with van der Waals surface area (Å²) in [5, 5.41) is 9.82. The van der Waals surface area contributed by atoms with Gasteiger partial charge in [-0.2, -0.15) is 0 Å². The first-order valence-electron chi connectivity index (χ1n) is 3.87. The highest BCUT2D eigenvalue weighted by Gasteiger charge is 2.12. The second-order valence-corrected chi connectivity index (χ2v) is 3.96. The summed E-state index contributed by atoms with van der Waals surface area (Å²) in [6.45, 7) is 1.53. The molecule has 14 heavy (non-hydrogen) atoms. The first kappa shape index (κ1) is 12.8. The number of hydrogen-bond acceptors (Lipinski definition) is 4. The van der Waals surface area contributed by atoms with Gasteiger partial charge < -0.3 is 10.8 Å². The number of carbonyl (C=O) groups is 3. The molecule has 0 aliphatic rings. The van der Waals surface area contributed by atoms with Crippen molar-refractivity contribution in [2.45, 2.75) is 18.6 Å². The summed E-state index contributed by atoms with van der Waals surface area (Å²) in [5.41, 5.74) is 4.70. The summed E-state index contributed by atoms with van der Waals surface area (Å²) < 4.78 is 0. The number of imide groups is 1. The number of nitrogens with two attached hydrogens (primary N) is 1. The van der Waals surface area contributed by atoms with Crippen LogP contribution in [0.3, 0.4) is 0 Å². The van der Waals surface area contributed by atoms with E-state index < -0.39 is 23.2 Å². The average Bonchev–Trinajstić information content (AvgIpc) is 2.02. The minimum absolute atomic E-state index is 0.0746. The van der Waals surface area contributed by atoms with Gasteiger partial charge in [0.1, 0.15) is 0 Å². The van der Waals surface area contributed by atoms with E-state index in [0.29, 0.717) is 5.75 Å². The Morgan fingerprint density at radius 3 is 2.50 bits per heavy atom. The second kappa shape index (κ2) is 6.25. The van der Waals surface area contributed by atoms with Crippen LogP contribution in [-0.2, 0) is 9.59 Å². The number of aliphatic carboxylic acids is 1. The molecule has 6 nitrogen and oxygen atoms in total. The number of thioether (sulfide) groups is 1. The molecular formula is C7H12N2O4S. The van der Waals surface area contributed by atoms with Crippen molar-refractivity contribution in [1.29, 1.82) is 0 Å². The van der Waals surface area contributed by atoms with Crippen molar-refractivity contribution in [1.82, 2.24) is 5.32 Å². The number of urea groups is 1. The molecule has 7 heteroatoms. The molecule has 0 spiro atoms. The van der Waals surface area contributed by atoms with Crippen LogP contribution in [0.4, 0.5) is 4.79 Å². The Labute approximate surface area is 85.2 Å². The van der Waals surface area contributed by atoms with Crippen molar-refractivity contribution in [3.8, 4) is 0 Å². The Balaban J connectivity index is 3.59. The maximum atomic E-state index is 10.8. The Hall–Kier alpha value is -1.24. The van der Waals surface area contributed by atoms with Gasteiger partial charge in [-0.3, -0.25) is 14.9 Å². The van der Waals surface area contributed by atoms with E-state index in [4.69, 9.17) is 10.8 Å². The van der Waals surface area contributed by atoms with Crippen molar-refractivity contribution in [3.05, 3.63) is 0 Å². The first-order valence-corrected chi connectivity index (χ1v) is 4.92. The number of carboxylic acid groups (broad SMARTS) is 1. The average molecular weight is 220 g/mol. The molecule has 0 saturated heterocycles. The SMILES string of the molecule is CC(SCCC(=O)NC(N)=O)C(=O)O. The molecule has 0 rings (SSSR count). The van der Waals surface area contributed by atoms with Crippen molar-refractivity contribution >= 4 is 29.7 Å². The fourth-order valence-electron chi connectivity index (χ4n) is 0.600. The predicted molar refractivity (Wildman–Crippen MR) is 51.9 cm³/mol. The third kappa shape index (κ3) is 6.30. The molecule has 1 unspecified atom stereocenters. The van der Waals surface area contributed by atoms with Crippen molar-refractivity contribution in [2.75, 3.05) is 5.75 Å². The molecule has 0 aliphatic carbocycles. The number of amides is 3. The minimum atomic E-state index is -0.926. The molecule has 0 aromatic heterocycles. The predicted octanol–water partition coefficient (Wildman–Crippen LogP) is -0.222. The molecule has 0 saturated carbocycles. The van der Waals surface area contributed by atoms with E-state index in [1.54, 1.807) is 0 Å². The number of carboxylic acids is 1. The van der Waals surface area contributed by atoms with Crippen LogP contribution in [0.15, 0.2) is 0 Å². The van der Waals surface area contributed by atoms with Gasteiger partial charge in [0, 0.05) is 12.2 Å². The highest BCUT2D eigenvalue weighted by atomic mass is 32.2. The van der Waals surface area contributed by atoms with Crippen LogP contribution in [0, 0.1) is 0 Å². The molecular weight excluding hydrogens is 208 g/mol. The van der Waals surface area contributed by atoms with Gasteiger partial charge in [-0.1, -0.05) is 0 Å². The molecule has 0 aromatic carbocycles. The van der Waals surface area contributed by atoms with Gasteiger partial charge >= 0.3 is 12.0 Å². The van der Waals surface area contributed by atoms with Gasteiger partial charge in [0.15, 0.2) is 0 Å². The number of rotatable bonds is 5. The zero-order valence-electron chi connectivity index (χ0n) is 7.65. The molecule has 0 aliphatic heterocycles. The van der Waals surface area contributed by atoms with E-state index in [-0.39, 0.29) is 6.42 Å². The molecule has 0 radical (unpaired) electrons. The van der Waals surface area contributed by atoms with E-state index in [0.717, 1.165) is 11.8 Å². The molecule has 1 atom stereocenters. The summed E-state index contributed by atoms with van der Waals surface area (Å²) in [4.78, 5) is 31.4. The van der Waals surface area contributed by atoms with Crippen molar-refractivity contribution < 1.29 is 19.5 Å². The lowest BCUT2D eigenvalue weighted by Crippen LogP contribution is -2.35. The number of carbonyl (C=O) groups excluding carboxylic acids is 2. The fraction of sp³-hybridized carbons (Fsp3) is 0.571. The third-order valence-electron chi connectivity index (χ3n) is 1.31. The van der Waals surface area contributed by atoms with Gasteiger partial charge in [0.2, 0.25) is 5.91 Å². The molecule has 0 heterocycles. The largest absolute Gasteiger partial charge is 0.480 e. The Kier molecular flexibility index (Phi) is 5.70. The second-order valence-electron chi connectivity index (χ2n) is 2.51. The van der Waals surface area contributed by atoms with Crippen molar-refractivity contribution in [2.24, 2.45) is 5.73 Å². The number of primary amides is 1. The highest BCUT2D eigenvalue weighted by Crippen LogP contribution is 2.11. The lowest BCUT2D eigenvalue weighted by atomic mass is 10.4. The summed E-state index contributed by atoms with van der Waals surface area (Å²) in [7, 11) is 0. The zero-order chi connectivity index (χ0) is 11.1. The van der Waals surface area contributed by atoms with Crippen LogP contribution in [-0.4, -0.2) is 34.0 Å². The van der Waals surface area contributed by atoms with Crippen LogP contribution < -0.4 is 11.1 Å². The summed E-state index contributed by atoms with van der Waals surface area (Å²) in [6.07, 6.45) is 0.0746. The van der Waals surface area contributed by atoms with Gasteiger partial charge in [-0.25, -0.2) is 4.79 Å². The molecule has 80 valence electrons. The number of hydrogen-bond donors (Lipinski definition) is 3. The smallest absolute Gasteiger partial charge is 0.318 e. The van der Waals surface area contributed by atoms with E-state index in [1.165, 1.54) is 6.92 Å². The van der Waals surface area contributed by atoms with Gasteiger partial charge in [0.25, 0.3) is 0 Å². The van der Waals surface area contributed by atoms with Gasteiger partial charge in [-0.15, -0.1) is 11.8 Å². The maximum Gasteiger partial charge on any atom is 0.318 e. The monoisotopic (exact) mass is 220 g/mol. The topological polar surface area (TPSA) is 109 Å². The molecule has 0 fully saturated rings. The standard InChI is InChI=1S/C7H12N2O4S/c1-4(6(11)12)14-3-2-5(10)9-7(8)13/h4H,2-3H2,1H3,(H,11,12)(H3,8,9,10,13). The lowest BCUT2D eigenvalue weighted by Gasteiger charge is -2.04. The quantitative estimate of drug-likeness (QED) is 0.593. The first-order chi connectivity index (χ1) is 6.43. The Morgan fingerprint density at radius 2 is 2.07 bits per heavy atom. The summed E-state index contributed by atoms with van der Waals surface area (Å²) in [5.74, 6) is -1.08. The van der Waals surface area contributed by atoms with E-state index in [2.05, 4.69) is 0 Å². The third-order valence-corrected chi connectivity index (χ3v) is 2.45. The summed E-state index contributed by atoms with van der Waals surface area (Å²) >= 11 is 1.13. The summed E-state index contributed by atoms with van der Waals surface area (Å²) in [6, 6.07) is -0.897. The highest BCUT2D eigenvalue weighted by molar-refractivity contribution is 8.00. The molecule has 4 N–H and O–H groups in total. The minimum Gasteiger partial charge on any atom is -0.480 e. The van der Waals surface area contributed by atoms with Crippen LogP contribution >= 0.6 is 11.8 Å². The molecule has 0 aromatic rings. The van der Waals surface area contributed by atoms with Gasteiger partial charge in [0.05, 0.1) is 5.25 Å². The Bertz CT molecular complexity index is 244. The van der Waals surface area contributed by atoms with Gasteiger partial charge in [-0.05, 0) is 6.92 Å². The van der Waals surface area contributed by atoms with Crippen LogP contribution in [0.2, 0.25) is 0 Å². The Morgan fingerprint density at radius 1 is 1.50 bits per heavy atom. The lowest BCUT2D eigenvalue weighted by molar-refractivity contribution is -0.136. The molecule has 0 bridgehead atoms. The fourth-order valence-corrected chi connectivity index (χ4v) is 1.40. The van der Waals surface area contributed by atoms with E-state index in [1.807, 2.05) is 5.32 Å². The van der Waals surface area contributed by atoms with E-state index in [9.17, 15) is 14.4 Å². The number of nitrogens with one attached hydrogen (secondary N) is 1. The zero-order valence-corrected chi connectivity index (χ0v) is 8.47. The molecule has 3 amide bonds. The van der Waals surface area contributed by atoms with Crippen LogP contribution in [0.25, 0.3) is 0 Å². The van der Waals surface area contributed by atoms with E-state index >= 15 is 0 Å². The maximum absolute atomic E-state index is 10.8. The van der Waals surface area contributed by atoms with Crippen LogP contribution in [0.1, 0.15) is 13.3 Å². The normalized spacial score (nSPS) is 11.8. The van der Waals surface area contributed by atoms with Crippen molar-refractivity contribution in [3.63, 3.8) is 0 Å². The van der Waals surface area contributed by atoms with Crippen LogP contribution in [0.5, 0.6) is 0 Å².